The van der Waals surface area contributed by atoms with Crippen LogP contribution in [0.15, 0.2) is 42.7 Å². The molecule has 1 aromatic carbocycles. The summed E-state index contributed by atoms with van der Waals surface area (Å²) in [5.41, 5.74) is 6.00. The lowest BCUT2D eigenvalue weighted by atomic mass is 10.1. The fourth-order valence-corrected chi connectivity index (χ4v) is 4.84. The Morgan fingerprint density at radius 1 is 1.21 bits per heavy atom. The van der Waals surface area contributed by atoms with E-state index < -0.39 is 16.0 Å². The van der Waals surface area contributed by atoms with E-state index in [-0.39, 0.29) is 30.0 Å². The quantitative estimate of drug-likeness (QED) is 0.711. The Labute approximate surface area is 164 Å². The van der Waals surface area contributed by atoms with Gasteiger partial charge in [0.1, 0.15) is 5.82 Å². The molecule has 0 saturated carbocycles. The topological polar surface area (TPSA) is 96.6 Å². The summed E-state index contributed by atoms with van der Waals surface area (Å²) in [7, 11) is -3.85. The number of nitrogens with two attached hydrogens (primary N) is 1. The summed E-state index contributed by atoms with van der Waals surface area (Å²) in [6, 6.07) is 7.24. The van der Waals surface area contributed by atoms with Crippen LogP contribution >= 0.6 is 0 Å². The Morgan fingerprint density at radius 3 is 2.57 bits per heavy atom. The lowest BCUT2D eigenvalue weighted by Gasteiger charge is -2.33. The van der Waals surface area contributed by atoms with Crippen molar-refractivity contribution in [1.29, 1.82) is 0 Å². The van der Waals surface area contributed by atoms with Crippen molar-refractivity contribution in [3.05, 3.63) is 59.7 Å². The van der Waals surface area contributed by atoms with E-state index in [1.54, 1.807) is 18.3 Å². The van der Waals surface area contributed by atoms with Gasteiger partial charge in [-0.05, 0) is 31.0 Å². The monoisotopic (exact) mass is 406 g/mol. The Bertz CT molecular complexity index is 931. The number of pyridine rings is 1. The molecule has 0 amide bonds. The van der Waals surface area contributed by atoms with Crippen LogP contribution in [0.2, 0.25) is 0 Å². The van der Waals surface area contributed by atoms with Crippen LogP contribution in [0.5, 0.6) is 0 Å². The summed E-state index contributed by atoms with van der Waals surface area (Å²) < 4.78 is 43.7. The van der Waals surface area contributed by atoms with Crippen LogP contribution in [-0.2, 0) is 16.8 Å². The summed E-state index contributed by atoms with van der Waals surface area (Å²) >= 11 is 0. The highest BCUT2D eigenvalue weighted by Crippen LogP contribution is 2.26. The molecule has 1 aromatic heterocycles. The van der Waals surface area contributed by atoms with Crippen molar-refractivity contribution in [3.8, 4) is 0 Å². The molecule has 0 unspecified atom stereocenters. The molecule has 28 heavy (non-hydrogen) atoms. The van der Waals surface area contributed by atoms with Crippen molar-refractivity contribution in [2.24, 2.45) is 5.73 Å². The minimum Gasteiger partial charge on any atom is -0.324 e. The van der Waals surface area contributed by atoms with Gasteiger partial charge in [0.15, 0.2) is 5.78 Å². The zero-order chi connectivity index (χ0) is 20.1. The van der Waals surface area contributed by atoms with Gasteiger partial charge in [-0.3, -0.25) is 14.1 Å². The van der Waals surface area contributed by atoms with Crippen LogP contribution in [0.1, 0.15) is 35.2 Å². The van der Waals surface area contributed by atoms with Crippen LogP contribution in [0.25, 0.3) is 0 Å². The maximum absolute atomic E-state index is 14.6. The van der Waals surface area contributed by atoms with Crippen LogP contribution < -0.4 is 10.0 Å². The average Bonchev–Trinajstić information content (AvgIpc) is 2.73. The molecule has 1 aliphatic rings. The second-order valence-corrected chi connectivity index (χ2v) is 8.47. The highest BCUT2D eigenvalue weighted by Gasteiger charge is 2.31. The summed E-state index contributed by atoms with van der Waals surface area (Å²) in [5.74, 6) is -1.03. The molecule has 9 heteroatoms. The zero-order valence-electron chi connectivity index (χ0n) is 15.4. The third-order valence-corrected chi connectivity index (χ3v) is 6.64. The average molecular weight is 406 g/mol. The van der Waals surface area contributed by atoms with Gasteiger partial charge in [0.2, 0.25) is 0 Å². The second kappa shape index (κ2) is 8.76. The number of Topliss-reactive ketones (excluding diaryl/α,β-unsaturated/α-hetero) is 1. The number of rotatable bonds is 7. The number of benzene rings is 1. The van der Waals surface area contributed by atoms with E-state index in [1.807, 2.05) is 0 Å². The van der Waals surface area contributed by atoms with Crippen LogP contribution in [0, 0.1) is 5.82 Å². The number of piperidine rings is 1. The van der Waals surface area contributed by atoms with Gasteiger partial charge >= 0.3 is 10.2 Å². The van der Waals surface area contributed by atoms with Gasteiger partial charge in [-0.1, -0.05) is 18.6 Å². The Balaban J connectivity index is 1.96. The van der Waals surface area contributed by atoms with Crippen LogP contribution in [0.4, 0.5) is 10.1 Å². The third-order valence-electron chi connectivity index (χ3n) is 4.73. The molecule has 2 aromatic rings. The van der Waals surface area contributed by atoms with E-state index in [0.29, 0.717) is 18.8 Å². The fourth-order valence-electron chi connectivity index (χ4n) is 3.16. The van der Waals surface area contributed by atoms with Crippen LogP contribution in [-0.4, -0.2) is 43.1 Å². The first-order valence-electron chi connectivity index (χ1n) is 9.13. The third kappa shape index (κ3) is 4.37. The molecule has 1 fully saturated rings. The van der Waals surface area contributed by atoms with Gasteiger partial charge < -0.3 is 5.73 Å². The SMILES string of the molecule is NCC(=O)c1ccc(CN(c2cccnc2)S(=O)(=O)N2CCCCC2)c(F)c1. The van der Waals surface area contributed by atoms with Crippen molar-refractivity contribution in [3.63, 3.8) is 0 Å². The molecule has 0 bridgehead atoms. The number of carbonyl (C=O) groups excluding carboxylic acids is 1. The van der Waals surface area contributed by atoms with Crippen molar-refractivity contribution in [1.82, 2.24) is 9.29 Å². The van der Waals surface area contributed by atoms with E-state index in [0.717, 1.165) is 29.6 Å². The first-order valence-corrected chi connectivity index (χ1v) is 10.5. The van der Waals surface area contributed by atoms with Crippen molar-refractivity contribution in [2.75, 3.05) is 23.9 Å². The van der Waals surface area contributed by atoms with Gasteiger partial charge in [-0.25, -0.2) is 4.39 Å². The highest BCUT2D eigenvalue weighted by atomic mass is 32.2. The van der Waals surface area contributed by atoms with Gasteiger partial charge in [-0.2, -0.15) is 12.7 Å². The van der Waals surface area contributed by atoms with E-state index in [2.05, 4.69) is 4.98 Å². The zero-order valence-corrected chi connectivity index (χ0v) is 16.2. The van der Waals surface area contributed by atoms with Gasteiger partial charge in [-0.15, -0.1) is 0 Å². The van der Waals surface area contributed by atoms with Gasteiger partial charge in [0, 0.05) is 30.4 Å². The largest absolute Gasteiger partial charge is 0.324 e. The molecular weight excluding hydrogens is 383 g/mol. The summed E-state index contributed by atoms with van der Waals surface area (Å²) in [6.45, 7) is 0.453. The lowest BCUT2D eigenvalue weighted by Crippen LogP contribution is -2.46. The van der Waals surface area contributed by atoms with Gasteiger partial charge in [0.25, 0.3) is 0 Å². The van der Waals surface area contributed by atoms with E-state index >= 15 is 0 Å². The number of hydrogen-bond acceptors (Lipinski definition) is 5. The van der Waals surface area contributed by atoms with Crippen molar-refractivity contribution < 1.29 is 17.6 Å². The molecular formula is C19H23FN4O3S. The minimum absolute atomic E-state index is 0.163. The highest BCUT2D eigenvalue weighted by molar-refractivity contribution is 7.90. The molecule has 0 aliphatic carbocycles. The molecule has 7 nitrogen and oxygen atoms in total. The summed E-state index contributed by atoms with van der Waals surface area (Å²) in [5, 5.41) is 0. The molecule has 0 atom stereocenters. The molecule has 0 spiro atoms. The number of halogens is 1. The fraction of sp³-hybridized carbons (Fsp3) is 0.368. The van der Waals surface area contributed by atoms with Crippen molar-refractivity contribution in [2.45, 2.75) is 25.8 Å². The Hall–Kier alpha value is -2.36. The van der Waals surface area contributed by atoms with Gasteiger partial charge in [0.05, 0.1) is 25.0 Å². The summed E-state index contributed by atoms with van der Waals surface area (Å²) in [6.07, 6.45) is 5.56. The maximum atomic E-state index is 14.6. The molecule has 150 valence electrons. The van der Waals surface area contributed by atoms with Crippen molar-refractivity contribution >= 4 is 21.7 Å². The van der Waals surface area contributed by atoms with Crippen LogP contribution in [0.3, 0.4) is 0 Å². The number of carbonyl (C=O) groups is 1. The maximum Gasteiger partial charge on any atom is 0.304 e. The number of ketones is 1. The molecule has 2 heterocycles. The molecule has 1 saturated heterocycles. The van der Waals surface area contributed by atoms with E-state index in [1.165, 1.54) is 22.6 Å². The normalized spacial score (nSPS) is 15.4. The predicted octanol–water partition coefficient (Wildman–Crippen LogP) is 2.10. The summed E-state index contributed by atoms with van der Waals surface area (Å²) in [4.78, 5) is 15.7. The standard InChI is InChI=1S/C19H23FN4O3S/c20-18-11-15(19(25)12-21)6-7-16(18)14-24(17-5-4-8-22-13-17)28(26,27)23-9-2-1-3-10-23/h4-8,11,13H,1-3,9-10,12,14,21H2. The molecule has 0 radical (unpaired) electrons. The molecule has 3 rings (SSSR count). The predicted molar refractivity (Wildman–Crippen MR) is 105 cm³/mol. The second-order valence-electron chi connectivity index (χ2n) is 6.62. The van der Waals surface area contributed by atoms with E-state index in [9.17, 15) is 17.6 Å². The number of hydrogen-bond donors (Lipinski definition) is 1. The van der Waals surface area contributed by atoms with E-state index in [4.69, 9.17) is 5.73 Å². The molecule has 1 aliphatic heterocycles. The smallest absolute Gasteiger partial charge is 0.304 e. The molecule has 2 N–H and O–H groups in total. The first kappa shape index (κ1) is 20.4. The minimum atomic E-state index is -3.85. The Morgan fingerprint density at radius 2 is 1.96 bits per heavy atom. The number of nitrogens with zero attached hydrogens (tertiary/aromatic N) is 3. The number of anilines is 1. The number of aromatic nitrogens is 1. The first-order chi connectivity index (χ1) is 13.4. The Kier molecular flexibility index (Phi) is 6.38. The lowest BCUT2D eigenvalue weighted by molar-refractivity contribution is 0.100.